The Hall–Kier alpha value is -3.89. The summed E-state index contributed by atoms with van der Waals surface area (Å²) in [5.41, 5.74) is 3.92. The number of nitrogens with zero attached hydrogens (tertiary/aromatic N) is 2. The number of hydrogen-bond acceptors (Lipinski definition) is 3. The zero-order valence-corrected chi connectivity index (χ0v) is 17.5. The molecule has 0 spiro atoms. The summed E-state index contributed by atoms with van der Waals surface area (Å²) < 4.78 is 0. The summed E-state index contributed by atoms with van der Waals surface area (Å²) in [5, 5.41) is 20.7. The first kappa shape index (κ1) is 20.4. The number of aromatic amines is 1. The maximum absolute atomic E-state index is 12.4. The van der Waals surface area contributed by atoms with Gasteiger partial charge in [0.05, 0.1) is 17.7 Å². The van der Waals surface area contributed by atoms with Gasteiger partial charge in [0.25, 0.3) is 5.56 Å². The van der Waals surface area contributed by atoms with E-state index in [0.717, 1.165) is 40.4 Å². The first-order valence-electron chi connectivity index (χ1n) is 10.5. The molecule has 1 unspecified atom stereocenters. The van der Waals surface area contributed by atoms with Crippen LogP contribution >= 0.6 is 0 Å². The fraction of sp³-hybridized carbons (Fsp3) is 0.222. The Kier molecular flexibility index (Phi) is 5.56. The van der Waals surface area contributed by atoms with Crippen molar-refractivity contribution in [3.05, 3.63) is 105 Å². The van der Waals surface area contributed by atoms with Crippen LogP contribution in [-0.4, -0.2) is 4.98 Å². The Morgan fingerprint density at radius 3 is 2.48 bits per heavy atom. The lowest BCUT2D eigenvalue weighted by molar-refractivity contribution is 0.629. The summed E-state index contributed by atoms with van der Waals surface area (Å²) in [4.78, 5) is 15.4. The lowest BCUT2D eigenvalue weighted by Crippen LogP contribution is -2.27. The normalized spacial score (nSPS) is 15.0. The predicted octanol–water partition coefficient (Wildman–Crippen LogP) is 5.44. The van der Waals surface area contributed by atoms with E-state index in [0.29, 0.717) is 18.4 Å². The Bertz CT molecular complexity index is 1330. The smallest absolute Gasteiger partial charge is 0.251 e. The minimum atomic E-state index is -0.917. The van der Waals surface area contributed by atoms with Crippen LogP contribution in [0.4, 0.5) is 0 Å². The molecule has 1 aliphatic carbocycles. The molecule has 0 amide bonds. The van der Waals surface area contributed by atoms with Gasteiger partial charge in [-0.25, -0.2) is 0 Å². The molecule has 0 radical (unpaired) electrons. The molecule has 152 valence electrons. The van der Waals surface area contributed by atoms with Crippen LogP contribution in [-0.2, 0) is 11.8 Å². The number of aromatic nitrogens is 1. The fourth-order valence-electron chi connectivity index (χ4n) is 4.28. The van der Waals surface area contributed by atoms with Crippen molar-refractivity contribution in [1.82, 2.24) is 4.98 Å². The number of pyridine rings is 1. The van der Waals surface area contributed by atoms with E-state index < -0.39 is 5.41 Å². The molecule has 1 atom stereocenters. The van der Waals surface area contributed by atoms with Gasteiger partial charge in [-0.3, -0.25) is 4.79 Å². The zero-order chi connectivity index (χ0) is 21.8. The van der Waals surface area contributed by atoms with Crippen LogP contribution in [0.1, 0.15) is 48.4 Å². The van der Waals surface area contributed by atoms with E-state index in [9.17, 15) is 15.3 Å². The Morgan fingerprint density at radius 2 is 1.84 bits per heavy atom. The molecule has 4 rings (SSSR count). The summed E-state index contributed by atoms with van der Waals surface area (Å²) in [6, 6.07) is 19.8. The van der Waals surface area contributed by atoms with Gasteiger partial charge in [-0.15, -0.1) is 0 Å². The van der Waals surface area contributed by atoms with Gasteiger partial charge in [0.2, 0.25) is 0 Å². The first-order chi connectivity index (χ1) is 15.1. The number of hydrogen-bond donors (Lipinski definition) is 1. The summed E-state index contributed by atoms with van der Waals surface area (Å²) >= 11 is 0. The van der Waals surface area contributed by atoms with Crippen molar-refractivity contribution in [3.8, 4) is 12.1 Å². The van der Waals surface area contributed by atoms with E-state index in [1.165, 1.54) is 5.57 Å². The van der Waals surface area contributed by atoms with Gasteiger partial charge in [0.15, 0.2) is 0 Å². The first-order valence-corrected chi connectivity index (χ1v) is 10.5. The molecular formula is C27H23N3O. The van der Waals surface area contributed by atoms with E-state index >= 15 is 0 Å². The molecule has 0 bridgehead atoms. The molecule has 0 aliphatic heterocycles. The monoisotopic (exact) mass is 405 g/mol. The standard InChI is InChI=1S/C27H23N3O/c1-2-21-14-22-10-13-24(15-25(22)30-26(21)31)27(18-29,16-19-6-4-3-5-7-19)23-11-8-20(17-28)9-12-23/h3-4,6,8-15H,2,5,7,16H2,1H3,(H,30,31). The van der Waals surface area contributed by atoms with Gasteiger partial charge in [0, 0.05) is 11.1 Å². The molecule has 4 heteroatoms. The Labute approximate surface area is 181 Å². The number of nitrogens with one attached hydrogen (secondary N) is 1. The number of nitriles is 2. The van der Waals surface area contributed by atoms with Gasteiger partial charge in [-0.05, 0) is 66.5 Å². The van der Waals surface area contributed by atoms with Crippen molar-refractivity contribution in [2.45, 2.75) is 38.0 Å². The molecule has 4 nitrogen and oxygen atoms in total. The molecule has 1 aliphatic rings. The quantitative estimate of drug-likeness (QED) is 0.614. The molecule has 0 fully saturated rings. The van der Waals surface area contributed by atoms with Crippen LogP contribution in [0.15, 0.2) is 77.1 Å². The third-order valence-electron chi connectivity index (χ3n) is 6.09. The predicted molar refractivity (Wildman–Crippen MR) is 123 cm³/mol. The number of H-pyrrole nitrogens is 1. The van der Waals surface area contributed by atoms with Gasteiger partial charge in [0.1, 0.15) is 5.41 Å². The largest absolute Gasteiger partial charge is 0.322 e. The third kappa shape index (κ3) is 3.81. The maximum Gasteiger partial charge on any atom is 0.251 e. The highest BCUT2D eigenvalue weighted by Crippen LogP contribution is 2.40. The van der Waals surface area contributed by atoms with E-state index in [1.54, 1.807) is 12.1 Å². The highest BCUT2D eigenvalue weighted by Gasteiger charge is 2.36. The van der Waals surface area contributed by atoms with Crippen LogP contribution < -0.4 is 5.56 Å². The van der Waals surface area contributed by atoms with Crippen molar-refractivity contribution >= 4 is 10.9 Å². The van der Waals surface area contributed by atoms with Crippen LogP contribution in [0.25, 0.3) is 10.9 Å². The topological polar surface area (TPSA) is 80.4 Å². The minimum absolute atomic E-state index is 0.0896. The fourth-order valence-corrected chi connectivity index (χ4v) is 4.28. The van der Waals surface area contributed by atoms with Crippen LogP contribution in [0.2, 0.25) is 0 Å². The molecule has 0 saturated carbocycles. The van der Waals surface area contributed by atoms with Crippen LogP contribution in [0.3, 0.4) is 0 Å². The van der Waals surface area contributed by atoms with E-state index in [-0.39, 0.29) is 5.56 Å². The molecule has 1 heterocycles. The van der Waals surface area contributed by atoms with Gasteiger partial charge < -0.3 is 4.98 Å². The van der Waals surface area contributed by atoms with Crippen LogP contribution in [0, 0.1) is 22.7 Å². The molecule has 31 heavy (non-hydrogen) atoms. The summed E-state index contributed by atoms with van der Waals surface area (Å²) in [6.45, 7) is 1.96. The maximum atomic E-state index is 12.4. The number of aryl methyl sites for hydroxylation is 1. The van der Waals surface area contributed by atoms with E-state index in [2.05, 4.69) is 29.3 Å². The lowest BCUT2D eigenvalue weighted by Gasteiger charge is -2.30. The molecule has 3 aromatic rings. The number of rotatable bonds is 5. The highest BCUT2D eigenvalue weighted by molar-refractivity contribution is 5.80. The summed E-state index contributed by atoms with van der Waals surface area (Å²) in [7, 11) is 0. The van der Waals surface area contributed by atoms with Gasteiger partial charge >= 0.3 is 0 Å². The summed E-state index contributed by atoms with van der Waals surface area (Å²) in [6.07, 6.45) is 9.38. The van der Waals surface area contributed by atoms with E-state index in [4.69, 9.17) is 0 Å². The molecule has 1 aromatic heterocycles. The number of fused-ring (bicyclic) bond motifs is 1. The van der Waals surface area contributed by atoms with E-state index in [1.807, 2.05) is 49.4 Å². The Balaban J connectivity index is 1.91. The highest BCUT2D eigenvalue weighted by atomic mass is 16.1. The van der Waals surface area contributed by atoms with Crippen molar-refractivity contribution in [2.75, 3.05) is 0 Å². The number of allylic oxidation sites excluding steroid dienone is 4. The van der Waals surface area contributed by atoms with Crippen molar-refractivity contribution < 1.29 is 0 Å². The van der Waals surface area contributed by atoms with Crippen molar-refractivity contribution in [3.63, 3.8) is 0 Å². The number of benzene rings is 2. The van der Waals surface area contributed by atoms with Crippen LogP contribution in [0.5, 0.6) is 0 Å². The second-order valence-electron chi connectivity index (χ2n) is 7.95. The average molecular weight is 406 g/mol. The summed E-state index contributed by atoms with van der Waals surface area (Å²) in [5.74, 6) is 0. The van der Waals surface area contributed by atoms with Gasteiger partial charge in [-0.2, -0.15) is 10.5 Å². The van der Waals surface area contributed by atoms with Gasteiger partial charge in [-0.1, -0.05) is 55.0 Å². The minimum Gasteiger partial charge on any atom is -0.322 e. The molecule has 2 aromatic carbocycles. The molecular weight excluding hydrogens is 382 g/mol. The van der Waals surface area contributed by atoms with Crippen molar-refractivity contribution in [2.24, 2.45) is 0 Å². The second-order valence-corrected chi connectivity index (χ2v) is 7.95. The van der Waals surface area contributed by atoms with Crippen molar-refractivity contribution in [1.29, 1.82) is 10.5 Å². The zero-order valence-electron chi connectivity index (χ0n) is 17.5. The SMILES string of the molecule is CCc1cc2ccc(C(C#N)(CC3=CC=CCC3)c3ccc(C#N)cc3)cc2[nH]c1=O. The Morgan fingerprint density at radius 1 is 1.06 bits per heavy atom. The third-order valence-corrected chi connectivity index (χ3v) is 6.09. The average Bonchev–Trinajstić information content (AvgIpc) is 2.82. The lowest BCUT2D eigenvalue weighted by atomic mass is 9.70. The second kappa shape index (κ2) is 8.46. The molecule has 1 N–H and O–H groups in total. The molecule has 0 saturated heterocycles.